The van der Waals surface area contributed by atoms with Gasteiger partial charge in [0.1, 0.15) is 5.82 Å². The Bertz CT molecular complexity index is 343. The van der Waals surface area contributed by atoms with Crippen LogP contribution in [0.1, 0.15) is 0 Å². The van der Waals surface area contributed by atoms with E-state index >= 15 is 0 Å². The van der Waals surface area contributed by atoms with Crippen molar-refractivity contribution in [2.24, 2.45) is 0 Å². The largest absolute Gasteiger partial charge is 0.369 e. The molecule has 0 saturated heterocycles. The molecule has 0 bridgehead atoms. The molecule has 2 nitrogen and oxygen atoms in total. The van der Waals surface area contributed by atoms with Gasteiger partial charge in [-0.3, -0.25) is 0 Å². The molecule has 0 spiro atoms. The zero-order valence-corrected chi connectivity index (χ0v) is 9.61. The number of rotatable bonds is 3. The standard InChI is InChI=1S/C11H15FN2S/c1-13-4-5-14-6-7-15-11-8-9(12)2-3-10(11)14/h2-3,8,13H,4-7H2,1H3. The molecule has 1 aliphatic heterocycles. The number of benzene rings is 1. The Morgan fingerprint density at radius 1 is 1.53 bits per heavy atom. The van der Waals surface area contributed by atoms with Crippen LogP contribution >= 0.6 is 11.8 Å². The molecule has 0 unspecified atom stereocenters. The van der Waals surface area contributed by atoms with Gasteiger partial charge >= 0.3 is 0 Å². The predicted molar refractivity (Wildman–Crippen MR) is 63.3 cm³/mol. The summed E-state index contributed by atoms with van der Waals surface area (Å²) in [7, 11) is 1.95. The number of hydrogen-bond acceptors (Lipinski definition) is 3. The van der Waals surface area contributed by atoms with Gasteiger partial charge in [0.15, 0.2) is 0 Å². The average Bonchev–Trinajstić information content (AvgIpc) is 2.25. The van der Waals surface area contributed by atoms with Gasteiger partial charge in [0.25, 0.3) is 0 Å². The lowest BCUT2D eigenvalue weighted by molar-refractivity contribution is 0.622. The molecule has 0 aliphatic carbocycles. The van der Waals surface area contributed by atoms with Crippen molar-refractivity contribution in [2.45, 2.75) is 4.90 Å². The van der Waals surface area contributed by atoms with Gasteiger partial charge in [-0.1, -0.05) is 0 Å². The molecule has 1 N–H and O–H groups in total. The Kier molecular flexibility index (Phi) is 3.49. The molecular weight excluding hydrogens is 211 g/mol. The fraction of sp³-hybridized carbons (Fsp3) is 0.455. The molecule has 1 heterocycles. The number of likely N-dealkylation sites (N-methyl/N-ethyl adjacent to an activating group) is 1. The van der Waals surface area contributed by atoms with Crippen LogP contribution in [0.3, 0.4) is 0 Å². The SMILES string of the molecule is CNCCN1CCSc2cc(F)ccc21. The van der Waals surface area contributed by atoms with Gasteiger partial charge in [0.2, 0.25) is 0 Å². The maximum absolute atomic E-state index is 13.0. The van der Waals surface area contributed by atoms with Crippen molar-refractivity contribution < 1.29 is 4.39 Å². The van der Waals surface area contributed by atoms with E-state index in [1.54, 1.807) is 17.8 Å². The van der Waals surface area contributed by atoms with Crippen LogP contribution in [-0.4, -0.2) is 32.4 Å². The van der Waals surface area contributed by atoms with Gasteiger partial charge in [0, 0.05) is 30.3 Å². The highest BCUT2D eigenvalue weighted by Crippen LogP contribution is 2.34. The lowest BCUT2D eigenvalue weighted by Crippen LogP contribution is -2.34. The van der Waals surface area contributed by atoms with Gasteiger partial charge in [-0.15, -0.1) is 11.8 Å². The van der Waals surface area contributed by atoms with Gasteiger partial charge in [-0.2, -0.15) is 0 Å². The predicted octanol–water partition coefficient (Wildman–Crippen LogP) is 1.96. The second-order valence-corrected chi connectivity index (χ2v) is 4.69. The first-order valence-electron chi connectivity index (χ1n) is 5.13. The Hall–Kier alpha value is -0.740. The molecule has 0 fully saturated rings. The van der Waals surface area contributed by atoms with Crippen LogP contribution in [0, 0.1) is 5.82 Å². The number of anilines is 1. The molecule has 0 aromatic heterocycles. The third-order valence-corrected chi connectivity index (χ3v) is 3.54. The summed E-state index contributed by atoms with van der Waals surface area (Å²) >= 11 is 1.74. The lowest BCUT2D eigenvalue weighted by atomic mass is 10.2. The van der Waals surface area contributed by atoms with E-state index in [-0.39, 0.29) is 5.82 Å². The normalized spacial score (nSPS) is 15.2. The molecule has 15 heavy (non-hydrogen) atoms. The average molecular weight is 226 g/mol. The first kappa shape index (κ1) is 10.8. The summed E-state index contributed by atoms with van der Waals surface area (Å²) in [6.45, 7) is 2.99. The van der Waals surface area contributed by atoms with Crippen molar-refractivity contribution in [3.63, 3.8) is 0 Å². The van der Waals surface area contributed by atoms with Crippen LogP contribution in [0.4, 0.5) is 10.1 Å². The minimum atomic E-state index is -0.142. The minimum Gasteiger partial charge on any atom is -0.369 e. The van der Waals surface area contributed by atoms with Crippen molar-refractivity contribution in [2.75, 3.05) is 37.3 Å². The summed E-state index contributed by atoms with van der Waals surface area (Å²) in [6.07, 6.45) is 0. The number of nitrogens with one attached hydrogen (secondary N) is 1. The molecule has 82 valence electrons. The minimum absolute atomic E-state index is 0.142. The molecule has 4 heteroatoms. The van der Waals surface area contributed by atoms with Crippen molar-refractivity contribution >= 4 is 17.4 Å². The quantitative estimate of drug-likeness (QED) is 0.848. The highest BCUT2D eigenvalue weighted by molar-refractivity contribution is 7.99. The summed E-state index contributed by atoms with van der Waals surface area (Å²) in [5.74, 6) is 0.900. The number of thioether (sulfide) groups is 1. The third-order valence-electron chi connectivity index (χ3n) is 2.51. The van der Waals surface area contributed by atoms with E-state index in [9.17, 15) is 4.39 Å². The Labute approximate surface area is 93.8 Å². The maximum atomic E-state index is 13.0. The van der Waals surface area contributed by atoms with Crippen LogP contribution in [0.2, 0.25) is 0 Å². The Morgan fingerprint density at radius 3 is 3.20 bits per heavy atom. The topological polar surface area (TPSA) is 15.3 Å². The Balaban J connectivity index is 2.18. The van der Waals surface area contributed by atoms with Crippen LogP contribution in [0.25, 0.3) is 0 Å². The molecule has 1 aromatic rings. The molecule has 2 rings (SSSR count). The zero-order valence-electron chi connectivity index (χ0n) is 8.79. The van der Waals surface area contributed by atoms with E-state index in [0.717, 1.165) is 30.3 Å². The first-order valence-corrected chi connectivity index (χ1v) is 6.12. The summed E-state index contributed by atoms with van der Waals surface area (Å²) in [5.41, 5.74) is 1.17. The molecule has 0 saturated carbocycles. The highest BCUT2D eigenvalue weighted by Gasteiger charge is 2.16. The smallest absolute Gasteiger partial charge is 0.124 e. The Morgan fingerprint density at radius 2 is 2.40 bits per heavy atom. The summed E-state index contributed by atoms with van der Waals surface area (Å²) in [5, 5.41) is 3.13. The second-order valence-electron chi connectivity index (χ2n) is 3.55. The van der Waals surface area contributed by atoms with Crippen molar-refractivity contribution in [1.29, 1.82) is 0 Å². The fourth-order valence-electron chi connectivity index (χ4n) is 1.73. The van der Waals surface area contributed by atoms with Gasteiger partial charge in [0.05, 0.1) is 5.69 Å². The number of nitrogens with zero attached hydrogens (tertiary/aromatic N) is 1. The lowest BCUT2D eigenvalue weighted by Gasteiger charge is -2.30. The monoisotopic (exact) mass is 226 g/mol. The van der Waals surface area contributed by atoms with Crippen molar-refractivity contribution in [3.05, 3.63) is 24.0 Å². The zero-order chi connectivity index (χ0) is 10.7. The van der Waals surface area contributed by atoms with Gasteiger partial charge in [-0.05, 0) is 25.2 Å². The van der Waals surface area contributed by atoms with E-state index in [1.165, 1.54) is 11.8 Å². The van der Waals surface area contributed by atoms with Crippen LogP contribution in [0.15, 0.2) is 23.1 Å². The van der Waals surface area contributed by atoms with E-state index < -0.39 is 0 Å². The molecule has 0 amide bonds. The van der Waals surface area contributed by atoms with E-state index in [0.29, 0.717) is 0 Å². The second kappa shape index (κ2) is 4.86. The molecule has 1 aromatic carbocycles. The molecule has 0 atom stereocenters. The number of halogens is 1. The van der Waals surface area contributed by atoms with Crippen LogP contribution in [0.5, 0.6) is 0 Å². The summed E-state index contributed by atoms with van der Waals surface area (Å²) in [6, 6.07) is 5.05. The number of fused-ring (bicyclic) bond motifs is 1. The van der Waals surface area contributed by atoms with Gasteiger partial charge < -0.3 is 10.2 Å². The molecule has 0 radical (unpaired) electrons. The molecule has 1 aliphatic rings. The maximum Gasteiger partial charge on any atom is 0.124 e. The van der Waals surface area contributed by atoms with E-state index in [2.05, 4.69) is 10.2 Å². The first-order chi connectivity index (χ1) is 7.31. The van der Waals surface area contributed by atoms with Crippen molar-refractivity contribution in [1.82, 2.24) is 5.32 Å². The highest BCUT2D eigenvalue weighted by atomic mass is 32.2. The van der Waals surface area contributed by atoms with E-state index in [1.807, 2.05) is 13.1 Å². The fourth-order valence-corrected chi connectivity index (χ4v) is 2.80. The van der Waals surface area contributed by atoms with E-state index in [4.69, 9.17) is 0 Å². The summed E-state index contributed by atoms with van der Waals surface area (Å²) < 4.78 is 13.0. The van der Waals surface area contributed by atoms with Crippen LogP contribution in [-0.2, 0) is 0 Å². The van der Waals surface area contributed by atoms with Crippen molar-refractivity contribution in [3.8, 4) is 0 Å². The molecular formula is C11H15FN2S. The third kappa shape index (κ3) is 2.44. The number of hydrogen-bond donors (Lipinski definition) is 1. The van der Waals surface area contributed by atoms with Gasteiger partial charge in [-0.25, -0.2) is 4.39 Å². The van der Waals surface area contributed by atoms with Crippen LogP contribution < -0.4 is 10.2 Å². The summed E-state index contributed by atoms with van der Waals surface area (Å²) in [4.78, 5) is 3.37.